The number of carbonyl (C=O) groups excluding carboxylic acids is 1. The SMILES string of the molecule is O=C(/C=C/c1ccccc1Cl)NCC(c1ccco1)N1CCSCC1. The normalized spacial score (nSPS) is 16.8. The lowest BCUT2D eigenvalue weighted by Gasteiger charge is -2.33. The molecule has 1 fully saturated rings. The monoisotopic (exact) mass is 376 g/mol. The van der Waals surface area contributed by atoms with Crippen LogP contribution in [0.15, 0.2) is 53.2 Å². The lowest BCUT2D eigenvalue weighted by Crippen LogP contribution is -2.41. The van der Waals surface area contributed by atoms with Crippen molar-refractivity contribution in [1.29, 1.82) is 0 Å². The molecular formula is C19H21ClN2O2S. The van der Waals surface area contributed by atoms with E-state index < -0.39 is 0 Å². The Bertz CT molecular complexity index is 712. The molecule has 1 amide bonds. The number of carbonyl (C=O) groups is 1. The molecule has 0 spiro atoms. The number of furan rings is 1. The van der Waals surface area contributed by atoms with Crippen molar-refractivity contribution in [3.63, 3.8) is 0 Å². The minimum Gasteiger partial charge on any atom is -0.468 e. The van der Waals surface area contributed by atoms with Crippen LogP contribution in [0.4, 0.5) is 0 Å². The molecule has 6 heteroatoms. The number of hydrogen-bond donors (Lipinski definition) is 1. The Labute approximate surface area is 157 Å². The maximum atomic E-state index is 12.2. The second-order valence-electron chi connectivity index (χ2n) is 5.78. The van der Waals surface area contributed by atoms with E-state index in [9.17, 15) is 4.79 Å². The van der Waals surface area contributed by atoms with Crippen LogP contribution in [-0.2, 0) is 4.79 Å². The Morgan fingerprint density at radius 2 is 2.08 bits per heavy atom. The van der Waals surface area contributed by atoms with Gasteiger partial charge in [-0.15, -0.1) is 0 Å². The minimum atomic E-state index is -0.136. The highest BCUT2D eigenvalue weighted by molar-refractivity contribution is 7.99. The van der Waals surface area contributed by atoms with E-state index in [1.54, 1.807) is 18.4 Å². The van der Waals surface area contributed by atoms with Crippen LogP contribution in [0.3, 0.4) is 0 Å². The lowest BCUT2D eigenvalue weighted by atomic mass is 10.1. The van der Waals surface area contributed by atoms with Gasteiger partial charge in [0.05, 0.1) is 12.3 Å². The third kappa shape index (κ3) is 5.14. The van der Waals surface area contributed by atoms with Crippen molar-refractivity contribution in [1.82, 2.24) is 10.2 Å². The highest BCUT2D eigenvalue weighted by Gasteiger charge is 2.24. The molecule has 1 aromatic carbocycles. The van der Waals surface area contributed by atoms with Crippen molar-refractivity contribution >= 4 is 35.3 Å². The average molecular weight is 377 g/mol. The van der Waals surface area contributed by atoms with Gasteiger partial charge < -0.3 is 9.73 Å². The first-order valence-corrected chi connectivity index (χ1v) is 9.83. The number of nitrogens with zero attached hydrogens (tertiary/aromatic N) is 1. The molecule has 132 valence electrons. The van der Waals surface area contributed by atoms with E-state index in [4.69, 9.17) is 16.0 Å². The summed E-state index contributed by atoms with van der Waals surface area (Å²) in [5, 5.41) is 3.61. The van der Waals surface area contributed by atoms with Gasteiger partial charge in [0.25, 0.3) is 0 Å². The third-order valence-electron chi connectivity index (χ3n) is 4.15. The first-order valence-electron chi connectivity index (χ1n) is 8.29. The number of amides is 1. The molecule has 1 aliphatic heterocycles. The zero-order chi connectivity index (χ0) is 17.5. The molecule has 1 aliphatic rings. The Balaban J connectivity index is 1.60. The van der Waals surface area contributed by atoms with Crippen molar-refractivity contribution in [2.45, 2.75) is 6.04 Å². The van der Waals surface area contributed by atoms with Gasteiger partial charge in [0, 0.05) is 42.2 Å². The molecule has 4 nitrogen and oxygen atoms in total. The number of benzene rings is 1. The summed E-state index contributed by atoms with van der Waals surface area (Å²) in [7, 11) is 0. The Morgan fingerprint density at radius 3 is 2.80 bits per heavy atom. The van der Waals surface area contributed by atoms with Gasteiger partial charge in [0.1, 0.15) is 5.76 Å². The number of thioether (sulfide) groups is 1. The van der Waals surface area contributed by atoms with Crippen molar-refractivity contribution < 1.29 is 9.21 Å². The van der Waals surface area contributed by atoms with E-state index in [0.29, 0.717) is 11.6 Å². The summed E-state index contributed by atoms with van der Waals surface area (Å²) >= 11 is 8.06. The summed E-state index contributed by atoms with van der Waals surface area (Å²) in [4.78, 5) is 14.6. The summed E-state index contributed by atoms with van der Waals surface area (Å²) in [6, 6.07) is 11.4. The van der Waals surface area contributed by atoms with Crippen LogP contribution >= 0.6 is 23.4 Å². The number of nitrogens with one attached hydrogen (secondary N) is 1. The quantitative estimate of drug-likeness (QED) is 0.778. The molecule has 0 bridgehead atoms. The molecule has 2 aromatic rings. The van der Waals surface area contributed by atoms with E-state index in [2.05, 4.69) is 10.2 Å². The lowest BCUT2D eigenvalue weighted by molar-refractivity contribution is -0.116. The highest BCUT2D eigenvalue weighted by Crippen LogP contribution is 2.24. The van der Waals surface area contributed by atoms with Gasteiger partial charge in [0.15, 0.2) is 0 Å². The van der Waals surface area contributed by atoms with Crippen molar-refractivity contribution in [2.75, 3.05) is 31.1 Å². The predicted octanol–water partition coefficient (Wildman–Crippen LogP) is 3.85. The fourth-order valence-electron chi connectivity index (χ4n) is 2.81. The van der Waals surface area contributed by atoms with Crippen LogP contribution in [-0.4, -0.2) is 41.9 Å². The van der Waals surface area contributed by atoms with Gasteiger partial charge in [0.2, 0.25) is 5.91 Å². The molecule has 0 saturated carbocycles. The molecule has 1 atom stereocenters. The van der Waals surface area contributed by atoms with Gasteiger partial charge in [-0.05, 0) is 29.8 Å². The van der Waals surface area contributed by atoms with Crippen LogP contribution in [0, 0.1) is 0 Å². The van der Waals surface area contributed by atoms with Gasteiger partial charge in [-0.1, -0.05) is 29.8 Å². The van der Waals surface area contributed by atoms with E-state index in [1.165, 1.54) is 6.08 Å². The summed E-state index contributed by atoms with van der Waals surface area (Å²) in [6.07, 6.45) is 4.93. The van der Waals surface area contributed by atoms with Crippen LogP contribution in [0.25, 0.3) is 6.08 Å². The van der Waals surface area contributed by atoms with Crippen LogP contribution in [0.1, 0.15) is 17.4 Å². The smallest absolute Gasteiger partial charge is 0.244 e. The van der Waals surface area contributed by atoms with E-state index >= 15 is 0 Å². The van der Waals surface area contributed by atoms with Crippen LogP contribution in [0.5, 0.6) is 0 Å². The minimum absolute atomic E-state index is 0.0635. The maximum Gasteiger partial charge on any atom is 0.244 e. The molecule has 1 aromatic heterocycles. The summed E-state index contributed by atoms with van der Waals surface area (Å²) in [5.74, 6) is 2.97. The second kappa shape index (κ2) is 9.13. The van der Waals surface area contributed by atoms with E-state index in [-0.39, 0.29) is 11.9 Å². The van der Waals surface area contributed by atoms with E-state index in [0.717, 1.165) is 35.9 Å². The van der Waals surface area contributed by atoms with Gasteiger partial charge in [-0.25, -0.2) is 0 Å². The zero-order valence-electron chi connectivity index (χ0n) is 13.9. The van der Waals surface area contributed by atoms with Gasteiger partial charge in [-0.3, -0.25) is 9.69 Å². The van der Waals surface area contributed by atoms with E-state index in [1.807, 2.05) is 42.1 Å². The van der Waals surface area contributed by atoms with Crippen molar-refractivity contribution in [2.24, 2.45) is 0 Å². The molecule has 2 heterocycles. The van der Waals surface area contributed by atoms with Gasteiger partial charge >= 0.3 is 0 Å². The predicted molar refractivity (Wildman–Crippen MR) is 104 cm³/mol. The Hall–Kier alpha value is -1.69. The molecule has 0 aliphatic carbocycles. The summed E-state index contributed by atoms with van der Waals surface area (Å²) < 4.78 is 5.59. The largest absolute Gasteiger partial charge is 0.468 e. The molecular weight excluding hydrogens is 356 g/mol. The van der Waals surface area contributed by atoms with Crippen molar-refractivity contribution in [3.8, 4) is 0 Å². The zero-order valence-corrected chi connectivity index (χ0v) is 15.4. The number of halogens is 1. The first kappa shape index (κ1) is 18.1. The van der Waals surface area contributed by atoms with Crippen LogP contribution in [0.2, 0.25) is 5.02 Å². The van der Waals surface area contributed by atoms with Gasteiger partial charge in [-0.2, -0.15) is 11.8 Å². The Morgan fingerprint density at radius 1 is 1.28 bits per heavy atom. The topological polar surface area (TPSA) is 45.5 Å². The van der Waals surface area contributed by atoms with Crippen LogP contribution < -0.4 is 5.32 Å². The second-order valence-corrected chi connectivity index (χ2v) is 7.41. The maximum absolute atomic E-state index is 12.2. The first-order chi connectivity index (χ1) is 12.2. The molecule has 1 saturated heterocycles. The highest BCUT2D eigenvalue weighted by atomic mass is 35.5. The molecule has 1 N–H and O–H groups in total. The molecule has 1 unspecified atom stereocenters. The number of hydrogen-bond acceptors (Lipinski definition) is 4. The fraction of sp³-hybridized carbons (Fsp3) is 0.316. The third-order valence-corrected chi connectivity index (χ3v) is 5.43. The summed E-state index contributed by atoms with van der Waals surface area (Å²) in [6.45, 7) is 2.52. The standard InChI is InChI=1S/C19H21ClN2O2S/c20-16-5-2-1-4-15(16)7-8-19(23)21-14-17(18-6-3-11-24-18)22-9-12-25-13-10-22/h1-8,11,17H,9-10,12-14H2,(H,21,23)/b8-7+. The molecule has 3 rings (SSSR count). The molecule has 25 heavy (non-hydrogen) atoms. The van der Waals surface area contributed by atoms with Crippen molar-refractivity contribution in [3.05, 3.63) is 65.1 Å². The Kier molecular flexibility index (Phi) is 6.62. The summed E-state index contributed by atoms with van der Waals surface area (Å²) in [5.41, 5.74) is 0.829. The number of rotatable bonds is 6. The molecule has 0 radical (unpaired) electrons. The average Bonchev–Trinajstić information content (AvgIpc) is 3.16. The fourth-order valence-corrected chi connectivity index (χ4v) is 3.94.